The zero-order valence-corrected chi connectivity index (χ0v) is 16.6. The fourth-order valence-corrected chi connectivity index (χ4v) is 4.14. The normalized spacial score (nSPS) is 12.7. The Labute approximate surface area is 165 Å². The fourth-order valence-electron chi connectivity index (χ4n) is 2.47. The summed E-state index contributed by atoms with van der Waals surface area (Å²) in [5.41, 5.74) is 1.33. The maximum Gasteiger partial charge on any atom is 0.525 e. The minimum absolute atomic E-state index is 0.101. The number of hydrogen-bond donors (Lipinski definition) is 3. The molecule has 140 valence electrons. The van der Waals surface area contributed by atoms with Crippen LogP contribution in [0.3, 0.4) is 0 Å². The number of hydrogen-bond acceptors (Lipinski definition) is 4. The molecule has 5 nitrogen and oxygen atoms in total. The summed E-state index contributed by atoms with van der Waals surface area (Å²) in [6.45, 7) is 1.73. The van der Waals surface area contributed by atoms with Crippen molar-refractivity contribution in [1.82, 2.24) is 0 Å². The molecule has 0 fully saturated rings. The number of benzene rings is 3. The van der Waals surface area contributed by atoms with Gasteiger partial charge in [-0.15, -0.1) is 0 Å². The summed E-state index contributed by atoms with van der Waals surface area (Å²) in [6, 6.07) is 17.4. The van der Waals surface area contributed by atoms with Gasteiger partial charge in [0.05, 0.1) is 0 Å². The van der Waals surface area contributed by atoms with Crippen LogP contribution in [0.2, 0.25) is 5.02 Å². The number of halogens is 1. The molecule has 0 saturated carbocycles. The van der Waals surface area contributed by atoms with Crippen LogP contribution in [0.4, 0.5) is 0 Å². The summed E-state index contributed by atoms with van der Waals surface area (Å²) >= 11 is 6.99. The summed E-state index contributed by atoms with van der Waals surface area (Å²) in [7, 11) is -4.74. The van der Waals surface area contributed by atoms with E-state index < -0.39 is 7.82 Å². The zero-order chi connectivity index (χ0) is 19.6. The Morgan fingerprint density at radius 1 is 1.00 bits per heavy atom. The molecule has 0 aliphatic heterocycles. The molecule has 3 aromatic rings. The van der Waals surface area contributed by atoms with E-state index in [9.17, 15) is 19.5 Å². The van der Waals surface area contributed by atoms with Gasteiger partial charge in [-0.25, -0.2) is 4.57 Å². The molecule has 0 radical (unpaired) electrons. The third-order valence-electron chi connectivity index (χ3n) is 3.79. The van der Waals surface area contributed by atoms with Crippen LogP contribution in [0, 0.1) is 0 Å². The minimum Gasteiger partial charge on any atom is -0.508 e. The molecule has 0 unspecified atom stereocenters. The van der Waals surface area contributed by atoms with Crippen molar-refractivity contribution in [3.63, 3.8) is 0 Å². The van der Waals surface area contributed by atoms with Crippen molar-refractivity contribution < 1.29 is 24.0 Å². The van der Waals surface area contributed by atoms with Gasteiger partial charge in [0, 0.05) is 15.5 Å². The highest BCUT2D eigenvalue weighted by Crippen LogP contribution is 2.46. The molecule has 8 heteroatoms. The van der Waals surface area contributed by atoms with Crippen LogP contribution < -0.4 is 0 Å². The van der Waals surface area contributed by atoms with E-state index in [1.54, 1.807) is 49.4 Å². The van der Waals surface area contributed by atoms with E-state index in [1.165, 1.54) is 0 Å². The quantitative estimate of drug-likeness (QED) is 0.274. The molecule has 0 aliphatic rings. The van der Waals surface area contributed by atoms with Crippen molar-refractivity contribution in [3.8, 4) is 5.75 Å². The summed E-state index contributed by atoms with van der Waals surface area (Å²) in [6.07, 6.45) is 0. The van der Waals surface area contributed by atoms with Crippen molar-refractivity contribution in [2.45, 2.75) is 11.8 Å². The molecule has 0 atom stereocenters. The van der Waals surface area contributed by atoms with Gasteiger partial charge in [0.25, 0.3) is 0 Å². The van der Waals surface area contributed by atoms with Crippen molar-refractivity contribution in [3.05, 3.63) is 76.3 Å². The molecule has 0 aliphatic carbocycles. The smallest absolute Gasteiger partial charge is 0.508 e. The first kappa shape index (κ1) is 19.8. The topological polar surface area (TPSA) is 87.0 Å². The second-order valence-corrected chi connectivity index (χ2v) is 8.44. The lowest BCUT2D eigenvalue weighted by Gasteiger charge is -2.15. The van der Waals surface area contributed by atoms with Gasteiger partial charge in [0.2, 0.25) is 0 Å². The average molecular weight is 423 g/mol. The van der Waals surface area contributed by atoms with Gasteiger partial charge in [-0.1, -0.05) is 41.6 Å². The molecule has 3 aromatic carbocycles. The SMILES string of the molecule is C/C(=C(/OP(=O)(O)O)Sc1ccc(Cl)cc1)c1ccc2cc(O)ccc2c1. The van der Waals surface area contributed by atoms with E-state index >= 15 is 0 Å². The number of phenolic OH excluding ortho intramolecular Hbond substituents is 1. The Bertz CT molecular complexity index is 1060. The second-order valence-electron chi connectivity index (χ2n) is 5.80. The molecule has 0 spiro atoms. The standard InChI is InChI=1S/C19H16ClO5PS/c1-12(13-2-3-15-11-17(21)7-4-14(15)10-13)19(25-26(22,23)24)27-18-8-5-16(20)6-9-18/h2-11,21H,1H3,(H2,22,23,24)/b19-12+. The van der Waals surface area contributed by atoms with Gasteiger partial charge >= 0.3 is 7.82 Å². The number of fused-ring (bicyclic) bond motifs is 1. The maximum atomic E-state index is 11.4. The first-order chi connectivity index (χ1) is 12.7. The van der Waals surface area contributed by atoms with Crippen LogP contribution >= 0.6 is 31.2 Å². The largest absolute Gasteiger partial charge is 0.525 e. The summed E-state index contributed by atoms with van der Waals surface area (Å²) in [4.78, 5) is 19.3. The van der Waals surface area contributed by atoms with Crippen molar-refractivity contribution in [2.24, 2.45) is 0 Å². The van der Waals surface area contributed by atoms with Crippen molar-refractivity contribution >= 4 is 47.5 Å². The van der Waals surface area contributed by atoms with E-state index in [4.69, 9.17) is 16.1 Å². The van der Waals surface area contributed by atoms with Crippen LogP contribution in [-0.4, -0.2) is 14.9 Å². The first-order valence-electron chi connectivity index (χ1n) is 7.84. The highest BCUT2D eigenvalue weighted by Gasteiger charge is 2.21. The van der Waals surface area contributed by atoms with E-state index in [1.807, 2.05) is 18.2 Å². The van der Waals surface area contributed by atoms with Crippen molar-refractivity contribution in [1.29, 1.82) is 0 Å². The lowest BCUT2D eigenvalue weighted by Crippen LogP contribution is -1.92. The first-order valence-corrected chi connectivity index (χ1v) is 10.6. The lowest BCUT2D eigenvalue weighted by atomic mass is 10.0. The molecule has 0 heterocycles. The fraction of sp³-hybridized carbons (Fsp3) is 0.0526. The Hall–Kier alpha value is -1.95. The molecule has 27 heavy (non-hydrogen) atoms. The summed E-state index contributed by atoms with van der Waals surface area (Å²) in [5.74, 6) is 0.173. The molecule has 0 saturated heterocycles. The number of aromatic hydroxyl groups is 1. The molecule has 0 amide bonds. The van der Waals surface area contributed by atoms with Gasteiger partial charge in [-0.05, 0) is 65.7 Å². The van der Waals surface area contributed by atoms with Gasteiger partial charge in [-0.3, -0.25) is 9.79 Å². The second kappa shape index (κ2) is 7.97. The highest BCUT2D eigenvalue weighted by molar-refractivity contribution is 8.03. The highest BCUT2D eigenvalue weighted by atomic mass is 35.5. The molecular weight excluding hydrogens is 407 g/mol. The average Bonchev–Trinajstić information content (AvgIpc) is 2.61. The number of allylic oxidation sites excluding steroid dienone is 1. The number of thioether (sulfide) groups is 1. The van der Waals surface area contributed by atoms with Gasteiger partial charge in [-0.2, -0.15) is 0 Å². The molecule has 0 aromatic heterocycles. The third-order valence-corrected chi connectivity index (χ3v) is 5.67. The molecule has 3 rings (SSSR count). The third kappa shape index (κ3) is 5.28. The Kier molecular flexibility index (Phi) is 5.84. The molecule has 3 N–H and O–H groups in total. The van der Waals surface area contributed by atoms with Crippen LogP contribution in [-0.2, 0) is 9.09 Å². The number of rotatable bonds is 5. The van der Waals surface area contributed by atoms with Crippen LogP contribution in [0.5, 0.6) is 5.75 Å². The monoisotopic (exact) mass is 422 g/mol. The summed E-state index contributed by atoms with van der Waals surface area (Å²) < 4.78 is 16.4. The predicted molar refractivity (Wildman–Crippen MR) is 109 cm³/mol. The summed E-state index contributed by atoms with van der Waals surface area (Å²) in [5, 5.41) is 12.0. The number of phenols is 1. The number of phosphoric ester groups is 1. The lowest BCUT2D eigenvalue weighted by molar-refractivity contribution is 0.254. The van der Waals surface area contributed by atoms with E-state index in [0.717, 1.165) is 33.0 Å². The maximum absolute atomic E-state index is 11.4. The van der Waals surface area contributed by atoms with Crippen LogP contribution in [0.1, 0.15) is 12.5 Å². The zero-order valence-electron chi connectivity index (χ0n) is 14.2. The predicted octanol–water partition coefficient (Wildman–Crippen LogP) is 5.79. The molecular formula is C19H16ClO5PS. The molecule has 0 bridgehead atoms. The Balaban J connectivity index is 2.04. The van der Waals surface area contributed by atoms with Crippen LogP contribution in [0.25, 0.3) is 16.3 Å². The van der Waals surface area contributed by atoms with Crippen molar-refractivity contribution in [2.75, 3.05) is 0 Å². The van der Waals surface area contributed by atoms with Gasteiger partial charge in [0.15, 0.2) is 5.09 Å². The van der Waals surface area contributed by atoms with Crippen LogP contribution in [0.15, 0.2) is 70.7 Å². The Morgan fingerprint density at radius 2 is 1.63 bits per heavy atom. The van der Waals surface area contributed by atoms with E-state index in [-0.39, 0.29) is 10.8 Å². The van der Waals surface area contributed by atoms with Gasteiger partial charge in [0.1, 0.15) is 5.75 Å². The number of phosphoric acid groups is 1. The van der Waals surface area contributed by atoms with Gasteiger partial charge < -0.3 is 9.63 Å². The minimum atomic E-state index is -4.74. The Morgan fingerprint density at radius 3 is 2.30 bits per heavy atom. The van der Waals surface area contributed by atoms with E-state index in [0.29, 0.717) is 10.6 Å². The van der Waals surface area contributed by atoms with E-state index in [2.05, 4.69) is 0 Å².